The predicted octanol–water partition coefficient (Wildman–Crippen LogP) is 2.24. The Labute approximate surface area is 183 Å². The highest BCUT2D eigenvalue weighted by Gasteiger charge is 2.53. The second-order valence-corrected chi connectivity index (χ2v) is 10.3. The van der Waals surface area contributed by atoms with Gasteiger partial charge in [-0.25, -0.2) is 4.98 Å². The van der Waals surface area contributed by atoms with Crippen LogP contribution in [0.1, 0.15) is 55.7 Å². The van der Waals surface area contributed by atoms with Crippen LogP contribution in [-0.4, -0.2) is 51.8 Å². The summed E-state index contributed by atoms with van der Waals surface area (Å²) in [6, 6.07) is 5.61. The van der Waals surface area contributed by atoms with E-state index in [0.717, 1.165) is 18.9 Å². The van der Waals surface area contributed by atoms with Crippen LogP contribution in [-0.2, 0) is 11.2 Å². The number of likely N-dealkylation sites (tertiary alicyclic amines) is 1. The van der Waals surface area contributed by atoms with Crippen molar-refractivity contribution in [3.63, 3.8) is 0 Å². The van der Waals surface area contributed by atoms with Crippen LogP contribution in [0.3, 0.4) is 0 Å². The maximum absolute atomic E-state index is 13.0. The molecule has 2 aromatic heterocycles. The van der Waals surface area contributed by atoms with Crippen molar-refractivity contribution in [1.29, 1.82) is 0 Å². The number of hydrogen-bond acceptors (Lipinski definition) is 4. The molecule has 4 aliphatic rings. The Kier molecular flexibility index (Phi) is 5.04. The molecule has 2 amide bonds. The summed E-state index contributed by atoms with van der Waals surface area (Å²) >= 11 is 0. The fourth-order valence-electron chi connectivity index (χ4n) is 6.13. The molecule has 2 aromatic rings. The van der Waals surface area contributed by atoms with Crippen LogP contribution in [0.25, 0.3) is 5.65 Å². The molecule has 4 fully saturated rings. The van der Waals surface area contributed by atoms with Crippen molar-refractivity contribution in [2.24, 2.45) is 28.9 Å². The van der Waals surface area contributed by atoms with Crippen molar-refractivity contribution in [2.75, 3.05) is 19.6 Å². The molecule has 31 heavy (non-hydrogen) atoms. The number of fused-ring (bicyclic) bond motifs is 3. The molecule has 7 nitrogen and oxygen atoms in total. The van der Waals surface area contributed by atoms with Crippen molar-refractivity contribution in [3.05, 3.63) is 35.8 Å². The maximum atomic E-state index is 13.0. The minimum atomic E-state index is -0.0781. The van der Waals surface area contributed by atoms with Gasteiger partial charge < -0.3 is 16.0 Å². The zero-order valence-electron chi connectivity index (χ0n) is 18.5. The van der Waals surface area contributed by atoms with Gasteiger partial charge in [0.2, 0.25) is 5.91 Å². The molecule has 4 atom stereocenters. The zero-order chi connectivity index (χ0) is 21.8. The number of aromatic nitrogens is 2. The van der Waals surface area contributed by atoms with E-state index in [2.05, 4.69) is 24.1 Å². The van der Waals surface area contributed by atoms with Gasteiger partial charge in [-0.1, -0.05) is 19.9 Å². The molecular formula is C24H33N5O2. The monoisotopic (exact) mass is 423 g/mol. The van der Waals surface area contributed by atoms with E-state index in [1.165, 1.54) is 19.3 Å². The zero-order valence-corrected chi connectivity index (χ0v) is 18.5. The molecule has 7 heteroatoms. The smallest absolute Gasteiger partial charge is 0.268 e. The van der Waals surface area contributed by atoms with Crippen LogP contribution in [0.2, 0.25) is 0 Å². The number of hydrogen-bond donors (Lipinski definition) is 2. The number of nitrogens with two attached hydrogens (primary N) is 1. The minimum Gasteiger partial charge on any atom is -0.350 e. The molecular weight excluding hydrogens is 390 g/mol. The molecule has 2 bridgehead atoms. The molecule has 166 valence electrons. The van der Waals surface area contributed by atoms with Crippen LogP contribution in [0.15, 0.2) is 24.4 Å². The molecule has 3 saturated carbocycles. The van der Waals surface area contributed by atoms with Crippen molar-refractivity contribution in [1.82, 2.24) is 19.6 Å². The number of amides is 2. The van der Waals surface area contributed by atoms with E-state index < -0.39 is 0 Å². The predicted molar refractivity (Wildman–Crippen MR) is 119 cm³/mol. The van der Waals surface area contributed by atoms with E-state index in [1.54, 1.807) is 9.30 Å². The van der Waals surface area contributed by atoms with Crippen molar-refractivity contribution >= 4 is 17.5 Å². The number of imidazole rings is 1. The summed E-state index contributed by atoms with van der Waals surface area (Å²) < 4.78 is 1.80. The summed E-state index contributed by atoms with van der Waals surface area (Å²) in [7, 11) is 0. The lowest BCUT2D eigenvalue weighted by Crippen LogP contribution is -2.54. The Morgan fingerprint density at radius 3 is 2.81 bits per heavy atom. The van der Waals surface area contributed by atoms with Crippen molar-refractivity contribution < 1.29 is 9.59 Å². The Balaban J connectivity index is 1.26. The van der Waals surface area contributed by atoms with Gasteiger partial charge in [0.05, 0.1) is 12.1 Å². The largest absolute Gasteiger partial charge is 0.350 e. The van der Waals surface area contributed by atoms with Crippen LogP contribution in [0, 0.1) is 23.2 Å². The first-order chi connectivity index (χ1) is 14.8. The molecule has 3 heterocycles. The quantitative estimate of drug-likeness (QED) is 0.771. The number of carbonyl (C=O) groups excluding carboxylic acids is 2. The van der Waals surface area contributed by atoms with Crippen LogP contribution < -0.4 is 11.1 Å². The van der Waals surface area contributed by atoms with Gasteiger partial charge in [-0.2, -0.15) is 0 Å². The highest BCUT2D eigenvalue weighted by Crippen LogP contribution is 2.61. The number of nitrogens with zero attached hydrogens (tertiary/aromatic N) is 3. The van der Waals surface area contributed by atoms with Crippen LogP contribution >= 0.6 is 0 Å². The lowest BCUT2D eigenvalue weighted by atomic mass is 9.45. The molecule has 3 N–H and O–H groups in total. The number of rotatable bonds is 5. The average molecular weight is 424 g/mol. The molecule has 0 aromatic carbocycles. The second-order valence-electron chi connectivity index (χ2n) is 10.3. The first-order valence-corrected chi connectivity index (χ1v) is 11.6. The second kappa shape index (κ2) is 7.62. The van der Waals surface area contributed by atoms with E-state index in [9.17, 15) is 9.59 Å². The average Bonchev–Trinajstić information content (AvgIpc) is 3.37. The summed E-state index contributed by atoms with van der Waals surface area (Å²) in [5.74, 6) is 2.10. The van der Waals surface area contributed by atoms with Gasteiger partial charge in [0.25, 0.3) is 5.91 Å². The molecule has 1 aliphatic heterocycles. The maximum Gasteiger partial charge on any atom is 0.268 e. The minimum absolute atomic E-state index is 0.0427. The number of nitrogens with one attached hydrogen (secondary N) is 1. The van der Waals surface area contributed by atoms with E-state index in [0.29, 0.717) is 47.4 Å². The van der Waals surface area contributed by atoms with Gasteiger partial charge >= 0.3 is 0 Å². The lowest BCUT2D eigenvalue weighted by Gasteiger charge is -2.60. The molecule has 0 spiro atoms. The van der Waals surface area contributed by atoms with Crippen LogP contribution in [0.5, 0.6) is 0 Å². The summed E-state index contributed by atoms with van der Waals surface area (Å²) in [6.45, 7) is 6.81. The van der Waals surface area contributed by atoms with Crippen LogP contribution in [0.4, 0.5) is 0 Å². The Morgan fingerprint density at radius 2 is 2.10 bits per heavy atom. The Bertz CT molecular complexity index is 1010. The molecule has 3 aliphatic carbocycles. The molecule has 6 rings (SSSR count). The third kappa shape index (κ3) is 3.63. The van der Waals surface area contributed by atoms with Gasteiger partial charge in [-0.3, -0.25) is 14.0 Å². The van der Waals surface area contributed by atoms with E-state index in [4.69, 9.17) is 5.73 Å². The molecule has 1 saturated heterocycles. The highest BCUT2D eigenvalue weighted by molar-refractivity contribution is 5.93. The topological polar surface area (TPSA) is 92.7 Å². The van der Waals surface area contributed by atoms with E-state index in [1.807, 2.05) is 24.4 Å². The number of pyridine rings is 1. The van der Waals surface area contributed by atoms with Crippen molar-refractivity contribution in [2.45, 2.75) is 52.0 Å². The van der Waals surface area contributed by atoms with Gasteiger partial charge in [0.1, 0.15) is 11.3 Å². The van der Waals surface area contributed by atoms with E-state index in [-0.39, 0.29) is 24.3 Å². The summed E-state index contributed by atoms with van der Waals surface area (Å²) in [5, 5.41) is 3.18. The number of carbonyl (C=O) groups is 2. The van der Waals surface area contributed by atoms with Gasteiger partial charge in [0, 0.05) is 31.9 Å². The Morgan fingerprint density at radius 1 is 1.26 bits per heavy atom. The first-order valence-electron chi connectivity index (χ1n) is 11.6. The SMILES string of the molecule is CC1(C)[C@@H]2CC[C@@H](CNC(=O)c3cccc4nc(CC(=O)N5CC[C@@H](N)C5)cn34)[C@@H]1C2. The lowest BCUT2D eigenvalue weighted by molar-refractivity contribution is -0.129. The highest BCUT2D eigenvalue weighted by atomic mass is 16.2. The van der Waals surface area contributed by atoms with Gasteiger partial charge in [-0.05, 0) is 61.0 Å². The molecule has 0 radical (unpaired) electrons. The standard InChI is InChI=1S/C24H33N5O2/c1-24(2)16-7-6-15(19(24)10-16)12-26-23(31)20-4-3-5-21-27-18(14-29(20)21)11-22(30)28-9-8-17(25)13-28/h3-5,14-17,19H,6-13,25H2,1-2H3,(H,26,31)/t15-,16+,17+,19-/m0/s1. The fraction of sp³-hybridized carbons (Fsp3) is 0.625. The van der Waals surface area contributed by atoms with Gasteiger partial charge in [0.15, 0.2) is 0 Å². The Hall–Kier alpha value is -2.41. The third-order valence-corrected chi connectivity index (χ3v) is 8.21. The molecule has 0 unspecified atom stereocenters. The fourth-order valence-corrected chi connectivity index (χ4v) is 6.13. The summed E-state index contributed by atoms with van der Waals surface area (Å²) in [5.41, 5.74) is 8.27. The normalized spacial score (nSPS) is 29.1. The van der Waals surface area contributed by atoms with E-state index >= 15 is 0 Å². The summed E-state index contributed by atoms with van der Waals surface area (Å²) in [6.07, 6.45) is 6.69. The third-order valence-electron chi connectivity index (χ3n) is 8.21. The summed E-state index contributed by atoms with van der Waals surface area (Å²) in [4.78, 5) is 32.0. The van der Waals surface area contributed by atoms with Crippen molar-refractivity contribution in [3.8, 4) is 0 Å². The first kappa shape index (κ1) is 20.5. The van der Waals surface area contributed by atoms with Gasteiger partial charge in [-0.15, -0.1) is 0 Å².